The number of rotatable bonds is 2. The molecule has 9 nitrogen and oxygen atoms in total. The zero-order chi connectivity index (χ0) is 16.8. The van der Waals surface area contributed by atoms with Gasteiger partial charge in [0.15, 0.2) is 6.17 Å². The molecule has 3 rings (SSSR count). The molecule has 4 N–H and O–H groups in total. The Morgan fingerprint density at radius 2 is 1.74 bits per heavy atom. The molecule has 0 radical (unpaired) electrons. The fourth-order valence-corrected chi connectivity index (χ4v) is 2.55. The first-order chi connectivity index (χ1) is 10.7. The molecule has 0 bridgehead atoms. The van der Waals surface area contributed by atoms with E-state index in [0.29, 0.717) is 17.9 Å². The number of ether oxygens (including phenoxy) is 1. The van der Waals surface area contributed by atoms with Gasteiger partial charge in [0.25, 0.3) is 0 Å². The van der Waals surface area contributed by atoms with Gasteiger partial charge in [0.1, 0.15) is 11.6 Å². The van der Waals surface area contributed by atoms with Crippen molar-refractivity contribution in [2.75, 3.05) is 18.0 Å². The Hall–Kier alpha value is -2.71. The zero-order valence-electron chi connectivity index (χ0n) is 13.4. The maximum absolute atomic E-state index is 12.4. The maximum atomic E-state index is 12.4. The number of amides is 1. The number of aromatic nitrogens is 4. The summed E-state index contributed by atoms with van der Waals surface area (Å²) in [5.41, 5.74) is 12.0. The van der Waals surface area contributed by atoms with E-state index in [-0.39, 0.29) is 12.2 Å². The first kappa shape index (κ1) is 15.2. The Labute approximate surface area is 133 Å². The van der Waals surface area contributed by atoms with E-state index in [2.05, 4.69) is 10.2 Å². The van der Waals surface area contributed by atoms with Gasteiger partial charge >= 0.3 is 6.09 Å². The van der Waals surface area contributed by atoms with E-state index in [9.17, 15) is 4.79 Å². The van der Waals surface area contributed by atoms with Crippen LogP contribution in [-0.2, 0) is 4.74 Å². The van der Waals surface area contributed by atoms with Gasteiger partial charge in [-0.15, -0.1) is 0 Å². The quantitative estimate of drug-likeness (QED) is 0.860. The van der Waals surface area contributed by atoms with Crippen LogP contribution in [0.3, 0.4) is 0 Å². The van der Waals surface area contributed by atoms with Crippen LogP contribution in [-0.4, -0.2) is 42.7 Å². The first-order valence-electron chi connectivity index (χ1n) is 7.33. The highest BCUT2D eigenvalue weighted by molar-refractivity contribution is 5.69. The normalized spacial score (nSPS) is 21.1. The summed E-state index contributed by atoms with van der Waals surface area (Å²) >= 11 is 0. The van der Waals surface area contributed by atoms with Crippen molar-refractivity contribution in [3.05, 3.63) is 24.8 Å². The second-order valence-corrected chi connectivity index (χ2v) is 6.62. The minimum Gasteiger partial charge on any atom is -0.444 e. The van der Waals surface area contributed by atoms with Gasteiger partial charge in [0, 0.05) is 6.20 Å². The van der Waals surface area contributed by atoms with Gasteiger partial charge in [-0.1, -0.05) is 0 Å². The molecule has 23 heavy (non-hydrogen) atoms. The van der Waals surface area contributed by atoms with Crippen LogP contribution in [0.5, 0.6) is 0 Å². The largest absolute Gasteiger partial charge is 0.444 e. The molecule has 2 atom stereocenters. The van der Waals surface area contributed by atoms with E-state index < -0.39 is 11.7 Å². The fraction of sp³-hybridized carbons (Fsp3) is 0.500. The molecule has 1 amide bonds. The summed E-state index contributed by atoms with van der Waals surface area (Å²) in [6, 6.07) is -0.0841. The van der Waals surface area contributed by atoms with E-state index in [1.807, 2.05) is 20.8 Å². The summed E-state index contributed by atoms with van der Waals surface area (Å²) in [6.45, 7) is 5.95. The molecule has 1 aliphatic heterocycles. The predicted octanol–water partition coefficient (Wildman–Crippen LogP) is 1.23. The minimum atomic E-state index is -0.563. The second kappa shape index (κ2) is 5.18. The van der Waals surface area contributed by atoms with Crippen LogP contribution in [0.1, 0.15) is 33.0 Å². The van der Waals surface area contributed by atoms with Crippen molar-refractivity contribution in [2.45, 2.75) is 38.6 Å². The third-order valence-electron chi connectivity index (χ3n) is 3.53. The monoisotopic (exact) mass is 319 g/mol. The van der Waals surface area contributed by atoms with Crippen LogP contribution in [0.4, 0.5) is 16.2 Å². The highest BCUT2D eigenvalue weighted by Crippen LogP contribution is 2.39. The molecular formula is C14H21N7O2. The maximum Gasteiger partial charge on any atom is 0.412 e. The summed E-state index contributed by atoms with van der Waals surface area (Å²) in [4.78, 5) is 14.0. The van der Waals surface area contributed by atoms with Crippen molar-refractivity contribution in [1.82, 2.24) is 24.5 Å². The molecule has 0 aliphatic carbocycles. The minimum absolute atomic E-state index is 0.0841. The van der Waals surface area contributed by atoms with Gasteiger partial charge in [-0.05, 0) is 20.8 Å². The number of hydrogen-bond donors (Lipinski definition) is 2. The molecule has 0 spiro atoms. The van der Waals surface area contributed by atoms with E-state index >= 15 is 0 Å². The summed E-state index contributed by atoms with van der Waals surface area (Å²) in [7, 11) is 0. The van der Waals surface area contributed by atoms with Crippen LogP contribution >= 0.6 is 0 Å². The Kier molecular flexibility index (Phi) is 3.42. The number of nitrogens with two attached hydrogens (primary N) is 2. The lowest BCUT2D eigenvalue weighted by Crippen LogP contribution is -2.57. The number of carbonyl (C=O) groups excluding carboxylic acids is 1. The molecule has 2 aromatic rings. The SMILES string of the molecule is CC(C)(C)OC(=O)N1CC(n2cc(N)cn2)C1n1cc(N)cn1. The number of hydrogen-bond acceptors (Lipinski definition) is 6. The summed E-state index contributed by atoms with van der Waals surface area (Å²) in [5, 5.41) is 8.45. The lowest BCUT2D eigenvalue weighted by atomic mass is 10.1. The van der Waals surface area contributed by atoms with Crippen LogP contribution in [0.2, 0.25) is 0 Å². The van der Waals surface area contributed by atoms with Gasteiger partial charge in [-0.2, -0.15) is 10.2 Å². The van der Waals surface area contributed by atoms with Gasteiger partial charge in [0.2, 0.25) is 0 Å². The Balaban J connectivity index is 1.85. The Morgan fingerprint density at radius 1 is 1.17 bits per heavy atom. The van der Waals surface area contributed by atoms with Gasteiger partial charge in [-0.25, -0.2) is 9.48 Å². The average molecular weight is 319 g/mol. The van der Waals surface area contributed by atoms with Crippen molar-refractivity contribution in [3.63, 3.8) is 0 Å². The van der Waals surface area contributed by atoms with Gasteiger partial charge in [-0.3, -0.25) is 9.58 Å². The third kappa shape index (κ3) is 2.94. The van der Waals surface area contributed by atoms with E-state index in [1.165, 1.54) is 0 Å². The summed E-state index contributed by atoms with van der Waals surface area (Å²) in [5.74, 6) is 0. The second-order valence-electron chi connectivity index (χ2n) is 6.62. The predicted molar refractivity (Wildman–Crippen MR) is 84.3 cm³/mol. The summed E-state index contributed by atoms with van der Waals surface area (Å²) < 4.78 is 8.83. The molecule has 124 valence electrons. The van der Waals surface area contributed by atoms with Crippen LogP contribution in [0.25, 0.3) is 0 Å². The van der Waals surface area contributed by atoms with Crippen molar-refractivity contribution in [3.8, 4) is 0 Å². The standard InChI is InChI=1S/C14H21N7O2/c1-14(2,3)23-13(22)19-8-11(20-6-9(15)4-17-20)12(19)21-7-10(16)5-18-21/h4-7,11-12H,8,15-16H2,1-3H3. The number of carbonyl (C=O) groups is 1. The Morgan fingerprint density at radius 3 is 2.22 bits per heavy atom. The van der Waals surface area contributed by atoms with Crippen molar-refractivity contribution < 1.29 is 9.53 Å². The smallest absolute Gasteiger partial charge is 0.412 e. The van der Waals surface area contributed by atoms with E-state index in [1.54, 1.807) is 39.1 Å². The first-order valence-corrected chi connectivity index (χ1v) is 7.33. The lowest BCUT2D eigenvalue weighted by Gasteiger charge is -2.47. The fourth-order valence-electron chi connectivity index (χ4n) is 2.55. The zero-order valence-corrected chi connectivity index (χ0v) is 13.4. The highest BCUT2D eigenvalue weighted by atomic mass is 16.6. The molecule has 2 aromatic heterocycles. The lowest BCUT2D eigenvalue weighted by molar-refractivity contribution is -0.0582. The Bertz CT molecular complexity index is 715. The molecule has 0 saturated carbocycles. The highest BCUT2D eigenvalue weighted by Gasteiger charge is 2.47. The molecule has 0 aromatic carbocycles. The van der Waals surface area contributed by atoms with Crippen LogP contribution in [0.15, 0.2) is 24.8 Å². The molecule has 1 saturated heterocycles. The molecule has 3 heterocycles. The van der Waals surface area contributed by atoms with Crippen LogP contribution in [0, 0.1) is 0 Å². The third-order valence-corrected chi connectivity index (χ3v) is 3.53. The molecule has 1 aliphatic rings. The number of anilines is 2. The van der Waals surface area contributed by atoms with Crippen LogP contribution < -0.4 is 11.5 Å². The molecular weight excluding hydrogens is 298 g/mol. The van der Waals surface area contributed by atoms with Gasteiger partial charge in [0.05, 0.1) is 36.5 Å². The van der Waals surface area contributed by atoms with Crippen molar-refractivity contribution >= 4 is 17.5 Å². The van der Waals surface area contributed by atoms with Gasteiger partial charge < -0.3 is 16.2 Å². The molecule has 2 unspecified atom stereocenters. The number of nitrogen functional groups attached to an aromatic ring is 2. The van der Waals surface area contributed by atoms with Crippen molar-refractivity contribution in [2.24, 2.45) is 0 Å². The van der Waals surface area contributed by atoms with E-state index in [4.69, 9.17) is 16.2 Å². The summed E-state index contributed by atoms with van der Waals surface area (Å²) in [6.07, 6.45) is 5.78. The topological polar surface area (TPSA) is 117 Å². The van der Waals surface area contributed by atoms with E-state index in [0.717, 1.165) is 0 Å². The molecule has 9 heteroatoms. The average Bonchev–Trinajstić information content (AvgIpc) is 2.95. The van der Waals surface area contributed by atoms with Crippen molar-refractivity contribution in [1.29, 1.82) is 0 Å². The molecule has 1 fully saturated rings. The number of nitrogens with zero attached hydrogens (tertiary/aromatic N) is 5. The number of likely N-dealkylation sites (tertiary alicyclic amines) is 1.